The highest BCUT2D eigenvalue weighted by molar-refractivity contribution is 7.86. The molecular weight excluding hydrogens is 418 g/mol. The van der Waals surface area contributed by atoms with Crippen LogP contribution >= 0.6 is 0 Å². The van der Waals surface area contributed by atoms with Crippen LogP contribution in [0.5, 0.6) is 17.2 Å². The van der Waals surface area contributed by atoms with Gasteiger partial charge in [-0.2, -0.15) is 8.42 Å². The number of carboxylic acid groups (broad SMARTS) is 1. The highest BCUT2D eigenvalue weighted by Gasteiger charge is 2.15. The molecule has 0 aromatic heterocycles. The van der Waals surface area contributed by atoms with Crippen LogP contribution in [0.2, 0.25) is 0 Å². The highest BCUT2D eigenvalue weighted by atomic mass is 32.2. The Morgan fingerprint density at radius 3 is 2.00 bits per heavy atom. The standard InChI is InChI=1S/C9H8O4.C6H6O5S.C4H11N/c1-6(10)13-8-5-3-2-4-7(8)9(11)12;7-4-1-2-5(8)6(3-4)12(9,10)11;1-3-5-4-2/h2-5H,1H3,(H,11,12);1-3,7-8H,(H,9,10,11);5H,3-4H2,1-2H3. The molecule has 5 N–H and O–H groups in total. The van der Waals surface area contributed by atoms with Gasteiger partial charge in [0.1, 0.15) is 27.7 Å². The molecule has 0 radical (unpaired) electrons. The van der Waals surface area contributed by atoms with Crippen molar-refractivity contribution in [3.05, 3.63) is 48.0 Å². The predicted octanol–water partition coefficient (Wildman–Crippen LogP) is 2.27. The number of ether oxygens (including phenoxy) is 1. The van der Waals surface area contributed by atoms with E-state index in [-0.39, 0.29) is 17.1 Å². The summed E-state index contributed by atoms with van der Waals surface area (Å²) >= 11 is 0. The molecule has 0 aliphatic heterocycles. The topological polar surface area (TPSA) is 170 Å². The van der Waals surface area contributed by atoms with Crippen LogP contribution in [0.1, 0.15) is 31.1 Å². The summed E-state index contributed by atoms with van der Waals surface area (Å²) in [5.74, 6) is -2.52. The van der Waals surface area contributed by atoms with Gasteiger partial charge in [0.15, 0.2) is 0 Å². The molecule has 0 fully saturated rings. The maximum Gasteiger partial charge on any atom is 0.339 e. The van der Waals surface area contributed by atoms with E-state index in [1.165, 1.54) is 19.1 Å². The van der Waals surface area contributed by atoms with Gasteiger partial charge in [0.05, 0.1) is 0 Å². The van der Waals surface area contributed by atoms with E-state index in [2.05, 4.69) is 23.9 Å². The molecule has 166 valence electrons. The van der Waals surface area contributed by atoms with Crippen LogP contribution < -0.4 is 10.1 Å². The summed E-state index contributed by atoms with van der Waals surface area (Å²) < 4.78 is 34.2. The molecule has 0 spiro atoms. The number of phenolic OH excluding ortho intramolecular Hbond substituents is 2. The Hall–Kier alpha value is -3.15. The van der Waals surface area contributed by atoms with E-state index >= 15 is 0 Å². The molecule has 2 aromatic rings. The van der Waals surface area contributed by atoms with Crippen molar-refractivity contribution in [3.8, 4) is 17.2 Å². The quantitative estimate of drug-likeness (QED) is 0.200. The summed E-state index contributed by atoms with van der Waals surface area (Å²) in [6.45, 7) is 7.61. The van der Waals surface area contributed by atoms with Crippen LogP contribution in [-0.2, 0) is 14.9 Å². The molecule has 0 atom stereocenters. The zero-order chi connectivity index (χ0) is 23.3. The summed E-state index contributed by atoms with van der Waals surface area (Å²) in [4.78, 5) is 20.5. The fourth-order valence-electron chi connectivity index (χ4n) is 1.85. The number of phenols is 2. The number of para-hydroxylation sites is 1. The van der Waals surface area contributed by atoms with Crippen molar-refractivity contribution in [1.29, 1.82) is 0 Å². The van der Waals surface area contributed by atoms with Crippen LogP contribution in [0, 0.1) is 0 Å². The highest BCUT2D eigenvalue weighted by Crippen LogP contribution is 2.25. The first-order valence-electron chi connectivity index (χ1n) is 8.64. The van der Waals surface area contributed by atoms with E-state index < -0.39 is 32.7 Å². The van der Waals surface area contributed by atoms with Crippen LogP contribution in [-0.4, -0.2) is 53.3 Å². The van der Waals surface area contributed by atoms with Crippen molar-refractivity contribution in [2.24, 2.45) is 0 Å². The lowest BCUT2D eigenvalue weighted by Gasteiger charge is -2.03. The fourth-order valence-corrected chi connectivity index (χ4v) is 2.45. The Morgan fingerprint density at radius 2 is 1.60 bits per heavy atom. The first-order chi connectivity index (χ1) is 13.9. The molecule has 0 amide bonds. The molecular formula is C19H25NO9S. The molecule has 0 aliphatic carbocycles. The third-order valence-electron chi connectivity index (χ3n) is 3.09. The maximum atomic E-state index is 10.6. The number of carbonyl (C=O) groups excluding carboxylic acids is 1. The van der Waals surface area contributed by atoms with Crippen molar-refractivity contribution in [1.82, 2.24) is 5.32 Å². The van der Waals surface area contributed by atoms with Crippen molar-refractivity contribution < 1.29 is 42.6 Å². The number of esters is 1. The van der Waals surface area contributed by atoms with Crippen LogP contribution in [0.3, 0.4) is 0 Å². The summed E-state index contributed by atoms with van der Waals surface area (Å²) in [7, 11) is -4.47. The predicted molar refractivity (Wildman–Crippen MR) is 109 cm³/mol. The second-order valence-corrected chi connectivity index (χ2v) is 6.87. The van der Waals surface area contributed by atoms with Crippen molar-refractivity contribution in [3.63, 3.8) is 0 Å². The molecule has 0 saturated carbocycles. The van der Waals surface area contributed by atoms with Gasteiger partial charge in [0, 0.05) is 13.0 Å². The van der Waals surface area contributed by atoms with E-state index in [0.29, 0.717) is 0 Å². The average Bonchev–Trinajstić information content (AvgIpc) is 2.64. The van der Waals surface area contributed by atoms with Crippen molar-refractivity contribution >= 4 is 22.1 Å². The fraction of sp³-hybridized carbons (Fsp3) is 0.263. The van der Waals surface area contributed by atoms with Crippen LogP contribution in [0.15, 0.2) is 47.4 Å². The van der Waals surface area contributed by atoms with Crippen LogP contribution in [0.4, 0.5) is 0 Å². The maximum absolute atomic E-state index is 10.6. The van der Waals surface area contributed by atoms with Crippen molar-refractivity contribution in [2.45, 2.75) is 25.7 Å². The number of aromatic carboxylic acids is 1. The second-order valence-electron chi connectivity index (χ2n) is 5.48. The molecule has 10 nitrogen and oxygen atoms in total. The van der Waals surface area contributed by atoms with Gasteiger partial charge >= 0.3 is 11.9 Å². The first-order valence-corrected chi connectivity index (χ1v) is 10.1. The number of hydrogen-bond donors (Lipinski definition) is 5. The number of carboxylic acids is 1. The van der Waals surface area contributed by atoms with Gasteiger partial charge in [-0.15, -0.1) is 0 Å². The smallest absolute Gasteiger partial charge is 0.339 e. The minimum atomic E-state index is -4.47. The third-order valence-corrected chi connectivity index (χ3v) is 3.98. The number of aromatic hydroxyl groups is 2. The van der Waals surface area contributed by atoms with Gasteiger partial charge in [-0.3, -0.25) is 9.35 Å². The normalized spacial score (nSPS) is 10.0. The van der Waals surface area contributed by atoms with Gasteiger partial charge in [-0.25, -0.2) is 4.79 Å². The largest absolute Gasteiger partial charge is 0.508 e. The molecule has 11 heteroatoms. The van der Waals surface area contributed by atoms with Crippen molar-refractivity contribution in [2.75, 3.05) is 13.1 Å². The zero-order valence-corrected chi connectivity index (χ0v) is 17.5. The molecule has 2 rings (SSSR count). The summed E-state index contributed by atoms with van der Waals surface area (Å²) in [6, 6.07) is 8.81. The van der Waals surface area contributed by atoms with Gasteiger partial charge < -0.3 is 25.4 Å². The SMILES string of the molecule is CC(=O)Oc1ccccc1C(=O)O.CCNCC.O=S(=O)(O)c1cc(O)ccc1O. The summed E-state index contributed by atoms with van der Waals surface area (Å²) in [5, 5.41) is 29.5. The van der Waals surface area contributed by atoms with E-state index in [9.17, 15) is 18.0 Å². The number of benzene rings is 2. The molecule has 0 saturated heterocycles. The van der Waals surface area contributed by atoms with E-state index in [1.807, 2.05) is 0 Å². The van der Waals surface area contributed by atoms with E-state index in [4.69, 9.17) is 19.9 Å². The molecule has 0 heterocycles. The lowest BCUT2D eigenvalue weighted by molar-refractivity contribution is -0.131. The molecule has 0 aliphatic rings. The average molecular weight is 443 g/mol. The lowest BCUT2D eigenvalue weighted by Crippen LogP contribution is -2.09. The molecule has 0 unspecified atom stereocenters. The minimum Gasteiger partial charge on any atom is -0.508 e. The number of hydrogen-bond acceptors (Lipinski definition) is 8. The zero-order valence-electron chi connectivity index (χ0n) is 16.7. The van der Waals surface area contributed by atoms with E-state index in [0.717, 1.165) is 31.3 Å². The Kier molecular flexibility index (Phi) is 11.8. The summed E-state index contributed by atoms with van der Waals surface area (Å²) in [5.41, 5.74) is -0.0160. The Labute approximate surface area is 174 Å². The molecule has 30 heavy (non-hydrogen) atoms. The monoisotopic (exact) mass is 443 g/mol. The van der Waals surface area contributed by atoms with Gasteiger partial charge in [-0.05, 0) is 37.4 Å². The van der Waals surface area contributed by atoms with Gasteiger partial charge in [0.2, 0.25) is 0 Å². The number of nitrogens with one attached hydrogen (secondary N) is 1. The van der Waals surface area contributed by atoms with Gasteiger partial charge in [-0.1, -0.05) is 26.0 Å². The van der Waals surface area contributed by atoms with Gasteiger partial charge in [0.25, 0.3) is 10.1 Å². The number of rotatable bonds is 5. The Morgan fingerprint density at radius 1 is 1.03 bits per heavy atom. The lowest BCUT2D eigenvalue weighted by atomic mass is 10.2. The Balaban J connectivity index is 0.000000461. The number of carbonyl (C=O) groups is 2. The Bertz CT molecular complexity index is 941. The summed E-state index contributed by atoms with van der Waals surface area (Å²) in [6.07, 6.45) is 0. The minimum absolute atomic E-state index is 0.0160. The second kappa shape index (κ2) is 13.1. The molecule has 2 aromatic carbocycles. The third kappa shape index (κ3) is 10.4. The molecule has 0 bridgehead atoms. The first kappa shape index (κ1) is 26.9. The van der Waals surface area contributed by atoms with Crippen LogP contribution in [0.25, 0.3) is 0 Å². The van der Waals surface area contributed by atoms with E-state index in [1.54, 1.807) is 12.1 Å².